The normalized spacial score (nSPS) is 12.2. The fraction of sp³-hybridized carbons (Fsp3) is 0.462. The molecular weight excluding hydrogens is 484 g/mol. The molecule has 0 unspecified atom stereocenters. The molecule has 186 valence electrons. The van der Waals surface area contributed by atoms with E-state index in [2.05, 4.69) is 21.2 Å². The first kappa shape index (κ1) is 32.8. The van der Waals surface area contributed by atoms with Crippen LogP contribution < -0.4 is 11.1 Å². The molecule has 0 aliphatic carbocycles. The molecule has 0 aliphatic heterocycles. The number of hydrogen-bond acceptors (Lipinski definition) is 4. The lowest BCUT2D eigenvalue weighted by molar-refractivity contribution is -0.141. The molecule has 2 aromatic rings. The van der Waals surface area contributed by atoms with E-state index in [0.29, 0.717) is 0 Å². The highest BCUT2D eigenvalue weighted by atomic mass is 79.9. The monoisotopic (exact) mass is 524 g/mol. The SMILES string of the molecule is Brc1ccccc1.CC.CC(C)(C)[C@H](N)C(=O)O.CC(C)(C)[C@H](Nc1ccccc1)C(=O)O. The van der Waals surface area contributed by atoms with Gasteiger partial charge < -0.3 is 21.3 Å². The van der Waals surface area contributed by atoms with E-state index in [0.717, 1.165) is 10.2 Å². The molecule has 0 spiro atoms. The van der Waals surface area contributed by atoms with Gasteiger partial charge in [0.05, 0.1) is 0 Å². The molecule has 0 heterocycles. The minimum atomic E-state index is -0.942. The summed E-state index contributed by atoms with van der Waals surface area (Å²) in [5.41, 5.74) is 5.47. The number of hydrogen-bond donors (Lipinski definition) is 4. The number of benzene rings is 2. The molecule has 6 nitrogen and oxygen atoms in total. The molecule has 0 bridgehead atoms. The van der Waals surface area contributed by atoms with Gasteiger partial charge in [-0.1, -0.05) is 108 Å². The second kappa shape index (κ2) is 16.3. The van der Waals surface area contributed by atoms with E-state index in [1.807, 2.05) is 95.3 Å². The third kappa shape index (κ3) is 16.0. The van der Waals surface area contributed by atoms with E-state index < -0.39 is 24.0 Å². The number of carboxylic acids is 2. The Morgan fingerprint density at radius 3 is 1.39 bits per heavy atom. The highest BCUT2D eigenvalue weighted by molar-refractivity contribution is 9.10. The quantitative estimate of drug-likeness (QED) is 0.362. The van der Waals surface area contributed by atoms with Gasteiger partial charge >= 0.3 is 11.9 Å². The average molecular weight is 526 g/mol. The summed E-state index contributed by atoms with van der Waals surface area (Å²) in [5.74, 6) is -1.77. The number of halogens is 1. The molecule has 0 saturated carbocycles. The highest BCUT2D eigenvalue weighted by Crippen LogP contribution is 2.23. The van der Waals surface area contributed by atoms with Crippen LogP contribution in [0.2, 0.25) is 0 Å². The van der Waals surface area contributed by atoms with E-state index in [1.54, 1.807) is 20.8 Å². The molecule has 7 heteroatoms. The number of carbonyl (C=O) groups is 2. The Morgan fingerprint density at radius 1 is 0.788 bits per heavy atom. The molecule has 0 radical (unpaired) electrons. The molecule has 33 heavy (non-hydrogen) atoms. The highest BCUT2D eigenvalue weighted by Gasteiger charge is 2.30. The van der Waals surface area contributed by atoms with Crippen LogP contribution in [0, 0.1) is 10.8 Å². The van der Waals surface area contributed by atoms with Gasteiger partial charge in [-0.05, 0) is 35.1 Å². The summed E-state index contributed by atoms with van der Waals surface area (Å²) in [5, 5.41) is 20.5. The van der Waals surface area contributed by atoms with Crippen molar-refractivity contribution in [1.82, 2.24) is 0 Å². The van der Waals surface area contributed by atoms with Gasteiger partial charge in [0.1, 0.15) is 12.1 Å². The Morgan fingerprint density at radius 2 is 1.18 bits per heavy atom. The number of rotatable bonds is 4. The maximum Gasteiger partial charge on any atom is 0.326 e. The molecule has 0 aliphatic rings. The minimum Gasteiger partial charge on any atom is -0.480 e. The van der Waals surface area contributed by atoms with Crippen LogP contribution in [0.4, 0.5) is 5.69 Å². The first-order valence-electron chi connectivity index (χ1n) is 10.9. The Balaban J connectivity index is 0. The minimum absolute atomic E-state index is 0.318. The van der Waals surface area contributed by atoms with Crippen molar-refractivity contribution in [1.29, 1.82) is 0 Å². The van der Waals surface area contributed by atoms with Gasteiger partial charge in [-0.15, -0.1) is 0 Å². The van der Waals surface area contributed by atoms with Crippen molar-refractivity contribution < 1.29 is 19.8 Å². The maximum absolute atomic E-state index is 11.1. The number of carboxylic acid groups (broad SMARTS) is 2. The molecular formula is C26H41BrN2O4. The summed E-state index contributed by atoms with van der Waals surface area (Å²) >= 11 is 3.31. The van der Waals surface area contributed by atoms with Gasteiger partial charge in [0.25, 0.3) is 0 Å². The number of nitrogens with two attached hydrogens (primary N) is 1. The van der Waals surface area contributed by atoms with Gasteiger partial charge in [0.15, 0.2) is 0 Å². The van der Waals surface area contributed by atoms with Crippen molar-refractivity contribution in [3.8, 4) is 0 Å². The van der Waals surface area contributed by atoms with Crippen LogP contribution in [0.25, 0.3) is 0 Å². The van der Waals surface area contributed by atoms with Crippen molar-refractivity contribution >= 4 is 33.6 Å². The summed E-state index contributed by atoms with van der Waals surface area (Å²) < 4.78 is 1.13. The van der Waals surface area contributed by atoms with Crippen molar-refractivity contribution in [3.05, 3.63) is 65.1 Å². The third-order valence-electron chi connectivity index (χ3n) is 4.13. The van der Waals surface area contributed by atoms with Gasteiger partial charge in [0, 0.05) is 10.2 Å². The van der Waals surface area contributed by atoms with E-state index in [9.17, 15) is 9.59 Å². The van der Waals surface area contributed by atoms with Gasteiger partial charge in [0.2, 0.25) is 0 Å². The standard InChI is InChI=1S/C12H17NO2.C6H5Br.C6H13NO2.C2H6/c1-12(2,3)10(11(14)15)13-9-7-5-4-6-8-9;7-6-4-2-1-3-5-6;1-6(2,3)4(7)5(8)9;1-2/h4-8,10,13H,1-3H3,(H,14,15);1-5H;4H,7H2,1-3H3,(H,8,9);1-2H3/t10-;;4-;/m1.1./s1. The van der Waals surface area contributed by atoms with Crippen LogP contribution in [0.3, 0.4) is 0 Å². The fourth-order valence-electron chi connectivity index (χ4n) is 2.13. The Labute approximate surface area is 207 Å². The van der Waals surface area contributed by atoms with Crippen molar-refractivity contribution in [3.63, 3.8) is 0 Å². The summed E-state index contributed by atoms with van der Waals surface area (Å²) in [6.07, 6.45) is 0. The predicted molar refractivity (Wildman–Crippen MR) is 141 cm³/mol. The summed E-state index contributed by atoms with van der Waals surface area (Å²) in [4.78, 5) is 21.3. The summed E-state index contributed by atoms with van der Waals surface area (Å²) in [6.45, 7) is 15.1. The van der Waals surface area contributed by atoms with Crippen molar-refractivity contribution in [2.75, 3.05) is 5.32 Å². The summed E-state index contributed by atoms with van der Waals surface area (Å²) in [6, 6.07) is 18.0. The molecule has 0 amide bonds. The van der Waals surface area contributed by atoms with E-state index in [-0.39, 0.29) is 10.8 Å². The molecule has 0 aromatic heterocycles. The van der Waals surface area contributed by atoms with Crippen LogP contribution in [0.1, 0.15) is 55.4 Å². The number of aliphatic carboxylic acids is 2. The summed E-state index contributed by atoms with van der Waals surface area (Å²) in [7, 11) is 0. The zero-order chi connectivity index (χ0) is 26.2. The van der Waals surface area contributed by atoms with E-state index >= 15 is 0 Å². The predicted octanol–water partition coefficient (Wildman–Crippen LogP) is 6.52. The first-order chi connectivity index (χ1) is 15.2. The number of para-hydroxylation sites is 1. The Bertz CT molecular complexity index is 785. The Kier molecular flexibility index (Phi) is 16.2. The van der Waals surface area contributed by atoms with Crippen LogP contribution in [0.15, 0.2) is 65.1 Å². The smallest absolute Gasteiger partial charge is 0.326 e. The zero-order valence-electron chi connectivity index (χ0n) is 21.1. The number of anilines is 1. The largest absolute Gasteiger partial charge is 0.480 e. The van der Waals surface area contributed by atoms with Crippen LogP contribution in [-0.2, 0) is 9.59 Å². The van der Waals surface area contributed by atoms with Crippen LogP contribution >= 0.6 is 15.9 Å². The third-order valence-corrected chi connectivity index (χ3v) is 4.66. The molecule has 0 saturated heterocycles. The second-order valence-corrected chi connectivity index (χ2v) is 10.0. The van der Waals surface area contributed by atoms with Crippen molar-refractivity contribution in [2.45, 2.75) is 67.5 Å². The van der Waals surface area contributed by atoms with E-state index in [1.165, 1.54) is 0 Å². The second-order valence-electron chi connectivity index (χ2n) is 9.13. The Hall–Kier alpha value is -2.38. The lowest BCUT2D eigenvalue weighted by Crippen LogP contribution is -2.41. The van der Waals surface area contributed by atoms with Crippen LogP contribution in [0.5, 0.6) is 0 Å². The van der Waals surface area contributed by atoms with Gasteiger partial charge in [-0.25, -0.2) is 4.79 Å². The number of nitrogens with one attached hydrogen (secondary N) is 1. The molecule has 2 rings (SSSR count). The average Bonchev–Trinajstić information content (AvgIpc) is 2.73. The molecule has 0 fully saturated rings. The molecule has 2 atom stereocenters. The zero-order valence-corrected chi connectivity index (χ0v) is 22.7. The first-order valence-corrected chi connectivity index (χ1v) is 11.7. The fourth-order valence-corrected chi connectivity index (χ4v) is 2.44. The lowest BCUT2D eigenvalue weighted by atomic mass is 9.86. The topological polar surface area (TPSA) is 113 Å². The lowest BCUT2D eigenvalue weighted by Gasteiger charge is -2.28. The molecule has 2 aromatic carbocycles. The van der Waals surface area contributed by atoms with Crippen LogP contribution in [-0.4, -0.2) is 34.2 Å². The van der Waals surface area contributed by atoms with Gasteiger partial charge in [-0.2, -0.15) is 0 Å². The molecule has 5 N–H and O–H groups in total. The van der Waals surface area contributed by atoms with E-state index in [4.69, 9.17) is 15.9 Å². The maximum atomic E-state index is 11.1. The van der Waals surface area contributed by atoms with Gasteiger partial charge in [-0.3, -0.25) is 4.79 Å². The van der Waals surface area contributed by atoms with Crippen molar-refractivity contribution in [2.24, 2.45) is 16.6 Å².